The van der Waals surface area contributed by atoms with Crippen LogP contribution in [0.1, 0.15) is 26.5 Å². The number of hydrogen-bond donors (Lipinski definition) is 0. The van der Waals surface area contributed by atoms with E-state index in [1.807, 2.05) is 30.0 Å². The summed E-state index contributed by atoms with van der Waals surface area (Å²) in [7, 11) is 0. The molecule has 0 saturated carbocycles. The van der Waals surface area contributed by atoms with Crippen LogP contribution in [0.4, 0.5) is 0 Å². The van der Waals surface area contributed by atoms with E-state index >= 15 is 0 Å². The smallest absolute Gasteiger partial charge is 0.129 e. The Balaban J connectivity index is 2.45. The van der Waals surface area contributed by atoms with Gasteiger partial charge in [0, 0.05) is 11.0 Å². The van der Waals surface area contributed by atoms with E-state index in [0.29, 0.717) is 16.3 Å². The van der Waals surface area contributed by atoms with Crippen molar-refractivity contribution in [3.8, 4) is 0 Å². The molecule has 1 unspecified atom stereocenters. The zero-order valence-corrected chi connectivity index (χ0v) is 10.4. The van der Waals surface area contributed by atoms with E-state index < -0.39 is 0 Å². The number of aromatic nitrogens is 1. The average Bonchev–Trinajstić information content (AvgIpc) is 2.14. The molecular weight excluding hydrogens is 214 g/mol. The highest BCUT2D eigenvalue weighted by Gasteiger charge is 2.07. The molecule has 0 bridgehead atoms. The second-order valence-electron chi connectivity index (χ2n) is 3.71. The maximum Gasteiger partial charge on any atom is 0.129 e. The Morgan fingerprint density at radius 3 is 2.64 bits per heavy atom. The van der Waals surface area contributed by atoms with Crippen molar-refractivity contribution < 1.29 is 0 Å². The molecule has 0 N–H and O–H groups in total. The van der Waals surface area contributed by atoms with Crippen LogP contribution in [0.5, 0.6) is 0 Å². The third kappa shape index (κ3) is 3.89. The highest BCUT2D eigenvalue weighted by Crippen LogP contribution is 2.22. The van der Waals surface area contributed by atoms with E-state index in [0.717, 1.165) is 11.4 Å². The lowest BCUT2D eigenvalue weighted by Crippen LogP contribution is -2.06. The van der Waals surface area contributed by atoms with Crippen molar-refractivity contribution in [3.05, 3.63) is 29.0 Å². The van der Waals surface area contributed by atoms with Crippen molar-refractivity contribution in [2.75, 3.05) is 0 Å². The molecule has 14 heavy (non-hydrogen) atoms. The molecule has 78 valence electrons. The summed E-state index contributed by atoms with van der Waals surface area (Å²) >= 11 is 7.73. The fraction of sp³-hybridized carbons (Fsp3) is 0.545. The Morgan fingerprint density at radius 1 is 1.36 bits per heavy atom. The monoisotopic (exact) mass is 229 g/mol. The van der Waals surface area contributed by atoms with E-state index in [-0.39, 0.29) is 0 Å². The van der Waals surface area contributed by atoms with Crippen LogP contribution in [0.25, 0.3) is 0 Å². The summed E-state index contributed by atoms with van der Waals surface area (Å²) in [5, 5.41) is 1.25. The number of thioether (sulfide) groups is 1. The van der Waals surface area contributed by atoms with Crippen molar-refractivity contribution in [3.63, 3.8) is 0 Å². The lowest BCUT2D eigenvalue weighted by molar-refractivity contribution is 0.642. The molecule has 0 aliphatic rings. The molecular formula is C11H16ClNS. The van der Waals surface area contributed by atoms with E-state index in [1.54, 1.807) is 0 Å². The summed E-state index contributed by atoms with van der Waals surface area (Å²) in [4.78, 5) is 4.25. The van der Waals surface area contributed by atoms with Gasteiger partial charge in [0.2, 0.25) is 0 Å². The van der Waals surface area contributed by atoms with E-state index in [2.05, 4.69) is 25.8 Å². The molecule has 0 radical (unpaired) electrons. The Labute approximate surface area is 95.3 Å². The fourth-order valence-corrected chi connectivity index (χ4v) is 2.10. The van der Waals surface area contributed by atoms with E-state index in [1.165, 1.54) is 0 Å². The van der Waals surface area contributed by atoms with E-state index in [4.69, 9.17) is 11.6 Å². The summed E-state index contributed by atoms with van der Waals surface area (Å²) in [6.45, 7) is 6.73. The molecule has 3 heteroatoms. The highest BCUT2D eigenvalue weighted by atomic mass is 35.5. The van der Waals surface area contributed by atoms with Crippen LogP contribution in [0.2, 0.25) is 5.15 Å². The molecule has 1 nitrogen and oxygen atoms in total. The highest BCUT2D eigenvalue weighted by molar-refractivity contribution is 7.99. The first-order valence-corrected chi connectivity index (χ1v) is 6.25. The third-order valence-electron chi connectivity index (χ3n) is 2.21. The quantitative estimate of drug-likeness (QED) is 0.724. The first-order valence-electron chi connectivity index (χ1n) is 4.82. The first kappa shape index (κ1) is 11.9. The van der Waals surface area contributed by atoms with Gasteiger partial charge in [-0.2, -0.15) is 11.8 Å². The van der Waals surface area contributed by atoms with Crippen LogP contribution >= 0.6 is 23.4 Å². The van der Waals surface area contributed by atoms with Crippen LogP contribution in [-0.2, 0) is 5.75 Å². The molecule has 1 atom stereocenters. The van der Waals surface area contributed by atoms with Crippen LogP contribution in [0.3, 0.4) is 0 Å². The molecule has 1 heterocycles. The van der Waals surface area contributed by atoms with Crippen molar-refractivity contribution in [1.82, 2.24) is 4.98 Å². The van der Waals surface area contributed by atoms with Crippen molar-refractivity contribution >= 4 is 23.4 Å². The Morgan fingerprint density at radius 2 is 2.07 bits per heavy atom. The topological polar surface area (TPSA) is 12.9 Å². The minimum Gasteiger partial charge on any atom is -0.240 e. The Hall–Kier alpha value is -0.210. The van der Waals surface area contributed by atoms with Crippen molar-refractivity contribution in [2.24, 2.45) is 5.92 Å². The zero-order chi connectivity index (χ0) is 10.6. The van der Waals surface area contributed by atoms with Gasteiger partial charge in [0.1, 0.15) is 5.15 Å². The SMILES string of the molecule is CC(C)C(C)SCc1cccc(Cl)n1. The molecule has 0 amide bonds. The standard InChI is InChI=1S/C11H16ClNS/c1-8(2)9(3)14-7-10-5-4-6-11(12)13-10/h4-6,8-9H,7H2,1-3H3. The van der Waals surface area contributed by atoms with Crippen LogP contribution in [0, 0.1) is 5.92 Å². The van der Waals surface area contributed by atoms with Gasteiger partial charge in [0.15, 0.2) is 0 Å². The second-order valence-corrected chi connectivity index (χ2v) is 5.46. The van der Waals surface area contributed by atoms with Crippen LogP contribution in [-0.4, -0.2) is 10.2 Å². The summed E-state index contributed by atoms with van der Waals surface area (Å²) in [6, 6.07) is 5.78. The molecule has 0 spiro atoms. The first-order chi connectivity index (χ1) is 6.59. The van der Waals surface area contributed by atoms with Crippen LogP contribution < -0.4 is 0 Å². The van der Waals surface area contributed by atoms with Gasteiger partial charge >= 0.3 is 0 Å². The molecule has 1 aromatic rings. The van der Waals surface area contributed by atoms with Crippen molar-refractivity contribution in [2.45, 2.75) is 31.8 Å². The summed E-state index contributed by atoms with van der Waals surface area (Å²) in [6.07, 6.45) is 0. The molecule has 1 rings (SSSR count). The Bertz CT molecular complexity index is 288. The largest absolute Gasteiger partial charge is 0.240 e. The number of halogens is 1. The predicted octanol–water partition coefficient (Wildman–Crippen LogP) is 4.01. The van der Waals surface area contributed by atoms with Gasteiger partial charge in [-0.1, -0.05) is 38.4 Å². The van der Waals surface area contributed by atoms with Crippen molar-refractivity contribution in [1.29, 1.82) is 0 Å². The normalized spacial score (nSPS) is 13.2. The van der Waals surface area contributed by atoms with Gasteiger partial charge in [-0.25, -0.2) is 4.98 Å². The van der Waals surface area contributed by atoms with Gasteiger partial charge in [-0.15, -0.1) is 0 Å². The number of pyridine rings is 1. The summed E-state index contributed by atoms with van der Waals surface area (Å²) < 4.78 is 0. The minimum atomic E-state index is 0.584. The van der Waals surface area contributed by atoms with Gasteiger partial charge < -0.3 is 0 Å². The minimum absolute atomic E-state index is 0.584. The summed E-state index contributed by atoms with van der Waals surface area (Å²) in [5.74, 6) is 1.65. The zero-order valence-electron chi connectivity index (χ0n) is 8.83. The molecule has 0 aromatic carbocycles. The molecule has 0 aliphatic heterocycles. The van der Waals surface area contributed by atoms with Gasteiger partial charge in [0.25, 0.3) is 0 Å². The van der Waals surface area contributed by atoms with Crippen LogP contribution in [0.15, 0.2) is 18.2 Å². The number of hydrogen-bond acceptors (Lipinski definition) is 2. The van der Waals surface area contributed by atoms with Gasteiger partial charge in [-0.05, 0) is 18.1 Å². The second kappa shape index (κ2) is 5.62. The number of nitrogens with zero attached hydrogens (tertiary/aromatic N) is 1. The molecule has 0 fully saturated rings. The molecule has 0 aliphatic carbocycles. The van der Waals surface area contributed by atoms with E-state index in [9.17, 15) is 0 Å². The predicted molar refractivity (Wildman–Crippen MR) is 64.8 cm³/mol. The Kier molecular flexibility index (Phi) is 4.76. The molecule has 0 saturated heterocycles. The number of rotatable bonds is 4. The molecule has 1 aromatic heterocycles. The maximum absolute atomic E-state index is 5.80. The third-order valence-corrected chi connectivity index (χ3v) is 3.95. The lowest BCUT2D eigenvalue weighted by Gasteiger charge is -2.14. The van der Waals surface area contributed by atoms with Gasteiger partial charge in [0.05, 0.1) is 5.69 Å². The maximum atomic E-state index is 5.80. The fourth-order valence-electron chi connectivity index (χ4n) is 0.940. The lowest BCUT2D eigenvalue weighted by atomic mass is 10.2. The summed E-state index contributed by atoms with van der Waals surface area (Å²) in [5.41, 5.74) is 1.06. The average molecular weight is 230 g/mol. The van der Waals surface area contributed by atoms with Gasteiger partial charge in [-0.3, -0.25) is 0 Å².